The Labute approximate surface area is 129 Å². The first-order chi connectivity index (χ1) is 8.00. The van der Waals surface area contributed by atoms with E-state index in [4.69, 9.17) is 34.8 Å². The van der Waals surface area contributed by atoms with E-state index in [1.807, 2.05) is 19.1 Å². The Morgan fingerprint density at radius 2 is 1.59 bits per heavy atom. The Morgan fingerprint density at radius 3 is 2.29 bits per heavy atom. The first-order valence-corrected chi connectivity index (χ1v) is 7.12. The summed E-state index contributed by atoms with van der Waals surface area (Å²) < 4.78 is 1.13. The third-order valence-electron chi connectivity index (χ3n) is 2.51. The van der Waals surface area contributed by atoms with Gasteiger partial charge in [0.2, 0.25) is 0 Å². The topological polar surface area (TPSA) is 0 Å². The number of hydrogen-bond acceptors (Lipinski definition) is 0. The van der Waals surface area contributed by atoms with Crippen molar-refractivity contribution in [3.63, 3.8) is 0 Å². The van der Waals surface area contributed by atoms with E-state index >= 15 is 0 Å². The highest BCUT2D eigenvalue weighted by atomic mass is 127. The van der Waals surface area contributed by atoms with Gasteiger partial charge in [0, 0.05) is 9.13 Å². The lowest BCUT2D eigenvalue weighted by Crippen LogP contribution is -1.88. The molecule has 0 aromatic heterocycles. The summed E-state index contributed by atoms with van der Waals surface area (Å²) in [5.74, 6) is 0. The normalized spacial score (nSPS) is 10.6. The van der Waals surface area contributed by atoms with Crippen LogP contribution in [0.15, 0.2) is 30.3 Å². The van der Waals surface area contributed by atoms with Gasteiger partial charge < -0.3 is 0 Å². The molecule has 0 spiro atoms. The lowest BCUT2D eigenvalue weighted by Gasteiger charge is -2.12. The Hall–Kier alpha value is 0.0400. The largest absolute Gasteiger partial charge is 0.0836 e. The minimum Gasteiger partial charge on any atom is -0.0836 e. The molecule has 0 N–H and O–H groups in total. The van der Waals surface area contributed by atoms with Crippen molar-refractivity contribution < 1.29 is 0 Å². The number of halogens is 4. The summed E-state index contributed by atoms with van der Waals surface area (Å²) in [6, 6.07) is 9.62. The summed E-state index contributed by atoms with van der Waals surface area (Å²) in [7, 11) is 0. The predicted octanol–water partition coefficient (Wildman–Crippen LogP) is 6.23. The van der Waals surface area contributed by atoms with Crippen LogP contribution >= 0.6 is 57.4 Å². The van der Waals surface area contributed by atoms with Gasteiger partial charge in [0.1, 0.15) is 0 Å². The van der Waals surface area contributed by atoms with Crippen molar-refractivity contribution in [3.05, 3.63) is 54.5 Å². The van der Waals surface area contributed by atoms with E-state index in [-0.39, 0.29) is 0 Å². The molecule has 0 radical (unpaired) electrons. The molecule has 0 heterocycles. The van der Waals surface area contributed by atoms with Gasteiger partial charge in [-0.05, 0) is 64.9 Å². The summed E-state index contributed by atoms with van der Waals surface area (Å²) >= 11 is 20.8. The second-order valence-corrected chi connectivity index (χ2v) is 6.12. The molecule has 0 aliphatic carbocycles. The predicted molar refractivity (Wildman–Crippen MR) is 84.4 cm³/mol. The molecule has 0 bridgehead atoms. The maximum Gasteiger partial charge on any atom is 0.0685 e. The summed E-state index contributed by atoms with van der Waals surface area (Å²) in [5.41, 5.74) is 2.95. The molecule has 0 unspecified atom stereocenters. The van der Waals surface area contributed by atoms with Crippen molar-refractivity contribution in [2.45, 2.75) is 6.92 Å². The molecule has 0 amide bonds. The molecule has 0 saturated heterocycles. The molecule has 2 aromatic carbocycles. The molecule has 2 aromatic rings. The molecule has 2 rings (SSSR count). The monoisotopic (exact) mass is 396 g/mol. The molecule has 0 aliphatic heterocycles. The summed E-state index contributed by atoms with van der Waals surface area (Å²) in [5, 5.41) is 1.64. The third-order valence-corrected chi connectivity index (χ3v) is 4.30. The summed E-state index contributed by atoms with van der Waals surface area (Å²) in [6.45, 7) is 2.03. The second kappa shape index (κ2) is 5.35. The average molecular weight is 397 g/mol. The van der Waals surface area contributed by atoms with E-state index < -0.39 is 0 Å². The number of rotatable bonds is 1. The molecule has 0 saturated carbocycles. The first kappa shape index (κ1) is 13.5. The van der Waals surface area contributed by atoms with Gasteiger partial charge in [-0.3, -0.25) is 0 Å². The Balaban J connectivity index is 2.76. The standard InChI is InChI=1S/C13H8Cl3I/c1-7-2-3-8(17)6-9(7)12-10(14)4-5-11(15)13(12)16/h2-6H,1H3. The smallest absolute Gasteiger partial charge is 0.0685 e. The van der Waals surface area contributed by atoms with Crippen LogP contribution in [-0.2, 0) is 0 Å². The zero-order valence-corrected chi connectivity index (χ0v) is 13.3. The van der Waals surface area contributed by atoms with E-state index in [1.165, 1.54) is 0 Å². The lowest BCUT2D eigenvalue weighted by atomic mass is 10.0. The van der Waals surface area contributed by atoms with Gasteiger partial charge in [0.15, 0.2) is 0 Å². The Morgan fingerprint density at radius 1 is 0.941 bits per heavy atom. The van der Waals surface area contributed by atoms with Crippen LogP contribution < -0.4 is 0 Å². The quantitative estimate of drug-likeness (QED) is 0.395. The first-order valence-electron chi connectivity index (χ1n) is 4.90. The van der Waals surface area contributed by atoms with Gasteiger partial charge in [-0.15, -0.1) is 0 Å². The number of hydrogen-bond donors (Lipinski definition) is 0. The van der Waals surface area contributed by atoms with E-state index in [9.17, 15) is 0 Å². The molecule has 0 aliphatic rings. The van der Waals surface area contributed by atoms with Crippen molar-refractivity contribution in [3.8, 4) is 11.1 Å². The van der Waals surface area contributed by atoms with Gasteiger partial charge >= 0.3 is 0 Å². The van der Waals surface area contributed by atoms with Crippen LogP contribution in [-0.4, -0.2) is 0 Å². The molecule has 88 valence electrons. The van der Waals surface area contributed by atoms with Gasteiger partial charge in [-0.25, -0.2) is 0 Å². The van der Waals surface area contributed by atoms with Gasteiger partial charge in [0.05, 0.1) is 15.1 Å². The highest BCUT2D eigenvalue weighted by molar-refractivity contribution is 14.1. The van der Waals surface area contributed by atoms with E-state index in [2.05, 4.69) is 28.7 Å². The van der Waals surface area contributed by atoms with Crippen molar-refractivity contribution in [2.24, 2.45) is 0 Å². The van der Waals surface area contributed by atoms with Crippen LogP contribution in [0.1, 0.15) is 5.56 Å². The van der Waals surface area contributed by atoms with Crippen molar-refractivity contribution in [1.29, 1.82) is 0 Å². The molecule has 0 nitrogen and oxygen atoms in total. The van der Waals surface area contributed by atoms with Crippen molar-refractivity contribution >= 4 is 57.4 Å². The van der Waals surface area contributed by atoms with Crippen LogP contribution in [0.3, 0.4) is 0 Å². The fourth-order valence-corrected chi connectivity index (χ4v) is 2.86. The molecule has 0 fully saturated rings. The maximum absolute atomic E-state index is 6.24. The molecular weight excluding hydrogens is 389 g/mol. The highest BCUT2D eigenvalue weighted by Gasteiger charge is 2.13. The fraction of sp³-hybridized carbons (Fsp3) is 0.0769. The van der Waals surface area contributed by atoms with Crippen LogP contribution in [0, 0.1) is 10.5 Å². The molecule has 0 atom stereocenters. The van der Waals surface area contributed by atoms with Crippen molar-refractivity contribution in [1.82, 2.24) is 0 Å². The van der Waals surface area contributed by atoms with Gasteiger partial charge in [-0.1, -0.05) is 40.9 Å². The fourth-order valence-electron chi connectivity index (χ4n) is 1.64. The summed E-state index contributed by atoms with van der Waals surface area (Å²) in [4.78, 5) is 0. The molecular formula is C13H8Cl3I. The molecule has 17 heavy (non-hydrogen) atoms. The Bertz CT molecular complexity index is 579. The van der Waals surface area contributed by atoms with Crippen LogP contribution in [0.4, 0.5) is 0 Å². The van der Waals surface area contributed by atoms with Crippen LogP contribution in [0.25, 0.3) is 11.1 Å². The van der Waals surface area contributed by atoms with E-state index in [1.54, 1.807) is 12.1 Å². The van der Waals surface area contributed by atoms with E-state index in [0.717, 1.165) is 20.3 Å². The summed E-state index contributed by atoms with van der Waals surface area (Å²) in [6.07, 6.45) is 0. The maximum atomic E-state index is 6.24. The second-order valence-electron chi connectivity index (χ2n) is 3.68. The van der Waals surface area contributed by atoms with Crippen molar-refractivity contribution in [2.75, 3.05) is 0 Å². The van der Waals surface area contributed by atoms with Crippen LogP contribution in [0.2, 0.25) is 15.1 Å². The zero-order valence-electron chi connectivity index (χ0n) is 8.90. The average Bonchev–Trinajstić information content (AvgIpc) is 2.29. The zero-order chi connectivity index (χ0) is 12.6. The minimum absolute atomic E-state index is 0.504. The van der Waals surface area contributed by atoms with Gasteiger partial charge in [0.25, 0.3) is 0 Å². The van der Waals surface area contributed by atoms with E-state index in [0.29, 0.717) is 15.1 Å². The van der Waals surface area contributed by atoms with Gasteiger partial charge in [-0.2, -0.15) is 0 Å². The number of benzene rings is 2. The third kappa shape index (κ3) is 2.73. The minimum atomic E-state index is 0.504. The Kier molecular flexibility index (Phi) is 4.24. The molecule has 4 heteroatoms. The highest BCUT2D eigenvalue weighted by Crippen LogP contribution is 2.40. The lowest BCUT2D eigenvalue weighted by molar-refractivity contribution is 1.44. The SMILES string of the molecule is Cc1ccc(I)cc1-c1c(Cl)ccc(Cl)c1Cl. The number of aryl methyl sites for hydroxylation is 1. The van der Waals surface area contributed by atoms with Crippen LogP contribution in [0.5, 0.6) is 0 Å².